The minimum atomic E-state index is -0.0878. The summed E-state index contributed by atoms with van der Waals surface area (Å²) in [5.74, 6) is 0. The number of hydrogen-bond donors (Lipinski definition) is 0. The maximum atomic E-state index is 9.35. The summed E-state index contributed by atoms with van der Waals surface area (Å²) in [4.78, 5) is 4.71. The molecule has 0 amide bonds. The van der Waals surface area contributed by atoms with Gasteiger partial charge in [0.25, 0.3) is 0 Å². The van der Waals surface area contributed by atoms with Crippen LogP contribution in [-0.4, -0.2) is 42.5 Å². The van der Waals surface area contributed by atoms with Crippen LogP contribution < -0.4 is 0 Å². The molecule has 1 heterocycles. The largest absolute Gasteiger partial charge is 0.301 e. The molecule has 0 radical (unpaired) electrons. The fraction of sp³-hybridized carbons (Fsp3) is 0.500. The fourth-order valence-electron chi connectivity index (χ4n) is 2.34. The zero-order valence-corrected chi connectivity index (χ0v) is 10.3. The summed E-state index contributed by atoms with van der Waals surface area (Å²) in [7, 11) is 0. The van der Waals surface area contributed by atoms with Gasteiger partial charge in [0.05, 0.1) is 6.07 Å². The van der Waals surface area contributed by atoms with E-state index in [0.717, 1.165) is 38.3 Å². The van der Waals surface area contributed by atoms with E-state index in [-0.39, 0.29) is 6.04 Å². The van der Waals surface area contributed by atoms with Crippen molar-refractivity contribution in [2.24, 2.45) is 0 Å². The van der Waals surface area contributed by atoms with E-state index in [1.165, 1.54) is 0 Å². The van der Waals surface area contributed by atoms with Gasteiger partial charge in [-0.1, -0.05) is 37.3 Å². The maximum Gasteiger partial charge on any atom is 0.123 e. The molecule has 17 heavy (non-hydrogen) atoms. The molecule has 90 valence electrons. The van der Waals surface area contributed by atoms with E-state index in [2.05, 4.69) is 22.8 Å². The molecule has 1 aromatic rings. The quantitative estimate of drug-likeness (QED) is 0.793. The number of nitrogens with zero attached hydrogens (tertiary/aromatic N) is 3. The van der Waals surface area contributed by atoms with E-state index < -0.39 is 0 Å². The first-order valence-electron chi connectivity index (χ1n) is 6.26. The summed E-state index contributed by atoms with van der Waals surface area (Å²) < 4.78 is 0. The summed E-state index contributed by atoms with van der Waals surface area (Å²) in [5, 5.41) is 9.35. The van der Waals surface area contributed by atoms with Gasteiger partial charge in [-0.05, 0) is 12.1 Å². The van der Waals surface area contributed by atoms with Gasteiger partial charge in [-0.3, -0.25) is 4.90 Å². The Balaban J connectivity index is 2.04. The molecule has 0 N–H and O–H groups in total. The number of nitriles is 1. The molecule has 1 aliphatic heterocycles. The molecule has 1 aromatic carbocycles. The maximum absolute atomic E-state index is 9.35. The molecule has 1 saturated heterocycles. The molecule has 0 bridgehead atoms. The van der Waals surface area contributed by atoms with Crippen molar-refractivity contribution < 1.29 is 0 Å². The second-order valence-corrected chi connectivity index (χ2v) is 4.41. The Kier molecular flexibility index (Phi) is 4.13. The number of rotatable bonds is 3. The molecule has 1 unspecified atom stereocenters. The summed E-state index contributed by atoms with van der Waals surface area (Å²) in [6.45, 7) is 7.41. The highest BCUT2D eigenvalue weighted by atomic mass is 15.3. The first-order chi connectivity index (χ1) is 8.35. The highest BCUT2D eigenvalue weighted by molar-refractivity contribution is 5.24. The van der Waals surface area contributed by atoms with Crippen LogP contribution in [0.15, 0.2) is 30.3 Å². The second kappa shape index (κ2) is 5.81. The standard InChI is InChI=1S/C14H19N3/c1-2-16-8-10-17(11-9-16)14(12-15)13-6-4-3-5-7-13/h3-7,14H,2,8-11H2,1H3. The molecular weight excluding hydrogens is 210 g/mol. The number of piperazine rings is 1. The molecule has 1 atom stereocenters. The molecule has 0 aromatic heterocycles. The Morgan fingerprint density at radius 1 is 1.18 bits per heavy atom. The van der Waals surface area contributed by atoms with Gasteiger partial charge in [-0.15, -0.1) is 0 Å². The monoisotopic (exact) mass is 229 g/mol. The van der Waals surface area contributed by atoms with Crippen LogP contribution >= 0.6 is 0 Å². The third kappa shape index (κ3) is 2.85. The van der Waals surface area contributed by atoms with Gasteiger partial charge in [0.15, 0.2) is 0 Å². The van der Waals surface area contributed by atoms with E-state index in [4.69, 9.17) is 0 Å². The zero-order valence-electron chi connectivity index (χ0n) is 10.3. The van der Waals surface area contributed by atoms with Crippen LogP contribution in [0, 0.1) is 11.3 Å². The molecule has 1 fully saturated rings. The number of likely N-dealkylation sites (N-methyl/N-ethyl adjacent to an activating group) is 1. The smallest absolute Gasteiger partial charge is 0.123 e. The van der Waals surface area contributed by atoms with E-state index in [1.54, 1.807) is 0 Å². The summed E-state index contributed by atoms with van der Waals surface area (Å²) in [6, 6.07) is 12.4. The van der Waals surface area contributed by atoms with E-state index in [9.17, 15) is 5.26 Å². The van der Waals surface area contributed by atoms with E-state index >= 15 is 0 Å². The van der Waals surface area contributed by atoms with Crippen LogP contribution in [-0.2, 0) is 0 Å². The predicted molar refractivity (Wildman–Crippen MR) is 68.5 cm³/mol. The van der Waals surface area contributed by atoms with Gasteiger partial charge in [0.1, 0.15) is 6.04 Å². The van der Waals surface area contributed by atoms with Crippen molar-refractivity contribution in [2.45, 2.75) is 13.0 Å². The minimum absolute atomic E-state index is 0.0878. The van der Waals surface area contributed by atoms with Crippen LogP contribution in [0.2, 0.25) is 0 Å². The number of benzene rings is 1. The summed E-state index contributed by atoms with van der Waals surface area (Å²) >= 11 is 0. The normalized spacial score (nSPS) is 19.8. The molecule has 0 aliphatic carbocycles. The van der Waals surface area contributed by atoms with Gasteiger partial charge in [-0.25, -0.2) is 0 Å². The predicted octanol–water partition coefficient (Wildman–Crippen LogP) is 1.89. The van der Waals surface area contributed by atoms with Gasteiger partial charge >= 0.3 is 0 Å². The minimum Gasteiger partial charge on any atom is -0.301 e. The average molecular weight is 229 g/mol. The van der Waals surface area contributed by atoms with Gasteiger partial charge < -0.3 is 4.90 Å². The summed E-state index contributed by atoms with van der Waals surface area (Å²) in [5.41, 5.74) is 1.11. The zero-order chi connectivity index (χ0) is 12.1. The average Bonchev–Trinajstić information content (AvgIpc) is 2.42. The van der Waals surface area contributed by atoms with Gasteiger partial charge in [-0.2, -0.15) is 5.26 Å². The van der Waals surface area contributed by atoms with Gasteiger partial charge in [0.2, 0.25) is 0 Å². The van der Waals surface area contributed by atoms with Crippen LogP contribution in [0.4, 0.5) is 0 Å². The van der Waals surface area contributed by atoms with E-state index in [0.29, 0.717) is 0 Å². The third-order valence-electron chi connectivity index (χ3n) is 3.46. The SMILES string of the molecule is CCN1CCN(C(C#N)c2ccccc2)CC1. The van der Waals surface area contributed by atoms with Crippen molar-refractivity contribution in [3.8, 4) is 6.07 Å². The Hall–Kier alpha value is -1.37. The van der Waals surface area contributed by atoms with Crippen molar-refractivity contribution in [3.63, 3.8) is 0 Å². The first kappa shape index (κ1) is 12.1. The van der Waals surface area contributed by atoms with Crippen molar-refractivity contribution in [1.82, 2.24) is 9.80 Å². The van der Waals surface area contributed by atoms with E-state index in [1.807, 2.05) is 30.3 Å². The first-order valence-corrected chi connectivity index (χ1v) is 6.26. The van der Waals surface area contributed by atoms with Crippen LogP contribution in [0.25, 0.3) is 0 Å². The van der Waals surface area contributed by atoms with Crippen LogP contribution in [0.5, 0.6) is 0 Å². The lowest BCUT2D eigenvalue weighted by molar-refractivity contribution is 0.118. The van der Waals surface area contributed by atoms with Crippen molar-refractivity contribution in [2.75, 3.05) is 32.7 Å². The molecule has 2 rings (SSSR count). The highest BCUT2D eigenvalue weighted by Gasteiger charge is 2.23. The highest BCUT2D eigenvalue weighted by Crippen LogP contribution is 2.20. The molecular formula is C14H19N3. The van der Waals surface area contributed by atoms with Crippen molar-refractivity contribution in [1.29, 1.82) is 5.26 Å². The van der Waals surface area contributed by atoms with Crippen LogP contribution in [0.3, 0.4) is 0 Å². The molecule has 3 heteroatoms. The Morgan fingerprint density at radius 2 is 1.82 bits per heavy atom. The lowest BCUT2D eigenvalue weighted by Crippen LogP contribution is -2.47. The lowest BCUT2D eigenvalue weighted by atomic mass is 10.1. The fourth-order valence-corrected chi connectivity index (χ4v) is 2.34. The van der Waals surface area contributed by atoms with Gasteiger partial charge in [0, 0.05) is 26.2 Å². The second-order valence-electron chi connectivity index (χ2n) is 4.41. The number of hydrogen-bond acceptors (Lipinski definition) is 3. The molecule has 0 saturated carbocycles. The van der Waals surface area contributed by atoms with Crippen molar-refractivity contribution >= 4 is 0 Å². The summed E-state index contributed by atoms with van der Waals surface area (Å²) in [6.07, 6.45) is 0. The third-order valence-corrected chi connectivity index (χ3v) is 3.46. The topological polar surface area (TPSA) is 30.3 Å². The van der Waals surface area contributed by atoms with Crippen LogP contribution in [0.1, 0.15) is 18.5 Å². The molecule has 1 aliphatic rings. The Morgan fingerprint density at radius 3 is 2.35 bits per heavy atom. The lowest BCUT2D eigenvalue weighted by Gasteiger charge is -2.36. The molecule has 3 nitrogen and oxygen atoms in total. The Labute approximate surface area is 103 Å². The molecule has 0 spiro atoms. The van der Waals surface area contributed by atoms with Crippen molar-refractivity contribution in [3.05, 3.63) is 35.9 Å². The Bertz CT molecular complexity index is 374.